The van der Waals surface area contributed by atoms with Crippen molar-refractivity contribution < 1.29 is 33.6 Å². The van der Waals surface area contributed by atoms with Crippen LogP contribution in [-0.4, -0.2) is 50.6 Å². The number of hydrogen-bond acceptors (Lipinski definition) is 6. The zero-order valence-electron chi connectivity index (χ0n) is 16.0. The first kappa shape index (κ1) is 21.4. The fourth-order valence-corrected chi connectivity index (χ4v) is 2.31. The molecule has 0 aliphatic rings. The summed E-state index contributed by atoms with van der Waals surface area (Å²) < 4.78 is 20.9. The van der Waals surface area contributed by atoms with Crippen LogP contribution in [0.4, 0.5) is 4.79 Å². The smallest absolute Gasteiger partial charge is 0.407 e. The maximum absolute atomic E-state index is 11.7. The van der Waals surface area contributed by atoms with E-state index in [4.69, 9.17) is 18.9 Å². The molecule has 0 saturated carbocycles. The second-order valence-electron chi connectivity index (χ2n) is 6.66. The standard InChI is InChI=1S/C18H27NO7/c1-18(2,3)26-17(22)19-10-12(16(20)21)7-11-8-13(23-4)15(25-6)14(9-11)24-5/h8-9,12H,7,10H2,1-6H3,(H,19,22)(H,20,21)/t12-/m1/s1. The first-order valence-electron chi connectivity index (χ1n) is 8.09. The Kier molecular flexibility index (Phi) is 7.55. The minimum atomic E-state index is -1.03. The molecule has 8 heteroatoms. The number of benzene rings is 1. The van der Waals surface area contributed by atoms with Crippen LogP contribution in [0.2, 0.25) is 0 Å². The van der Waals surface area contributed by atoms with Crippen LogP contribution in [0, 0.1) is 5.92 Å². The van der Waals surface area contributed by atoms with Crippen LogP contribution in [0.3, 0.4) is 0 Å². The highest BCUT2D eigenvalue weighted by Crippen LogP contribution is 2.38. The van der Waals surface area contributed by atoms with E-state index >= 15 is 0 Å². The van der Waals surface area contributed by atoms with Crippen molar-refractivity contribution in [2.24, 2.45) is 5.92 Å². The van der Waals surface area contributed by atoms with Crippen molar-refractivity contribution in [1.29, 1.82) is 0 Å². The fraction of sp³-hybridized carbons (Fsp3) is 0.556. The van der Waals surface area contributed by atoms with Gasteiger partial charge in [-0.25, -0.2) is 4.79 Å². The molecule has 1 aromatic rings. The normalized spacial score (nSPS) is 12.1. The number of aliphatic carboxylic acids is 1. The Morgan fingerprint density at radius 3 is 2.00 bits per heavy atom. The Bertz CT molecular complexity index is 612. The molecule has 0 radical (unpaired) electrons. The predicted octanol–water partition coefficient (Wildman–Crippen LogP) is 2.48. The van der Waals surface area contributed by atoms with Crippen molar-refractivity contribution >= 4 is 12.1 Å². The van der Waals surface area contributed by atoms with Gasteiger partial charge in [-0.05, 0) is 44.9 Å². The molecule has 0 spiro atoms. The summed E-state index contributed by atoms with van der Waals surface area (Å²) in [6, 6.07) is 3.37. The highest BCUT2D eigenvalue weighted by Gasteiger charge is 2.23. The molecule has 0 aliphatic carbocycles. The second kappa shape index (κ2) is 9.17. The van der Waals surface area contributed by atoms with Crippen LogP contribution in [0.25, 0.3) is 0 Å². The largest absolute Gasteiger partial charge is 0.493 e. The van der Waals surface area contributed by atoms with Gasteiger partial charge >= 0.3 is 12.1 Å². The third-order valence-corrected chi connectivity index (χ3v) is 3.45. The number of ether oxygens (including phenoxy) is 4. The molecule has 8 nitrogen and oxygen atoms in total. The number of carbonyl (C=O) groups is 2. The van der Waals surface area contributed by atoms with Crippen molar-refractivity contribution in [2.45, 2.75) is 32.8 Å². The lowest BCUT2D eigenvalue weighted by atomic mass is 9.98. The highest BCUT2D eigenvalue weighted by atomic mass is 16.6. The third kappa shape index (κ3) is 6.34. The fourth-order valence-electron chi connectivity index (χ4n) is 2.31. The summed E-state index contributed by atoms with van der Waals surface area (Å²) >= 11 is 0. The van der Waals surface area contributed by atoms with E-state index < -0.39 is 23.6 Å². The number of nitrogens with one attached hydrogen (secondary N) is 1. The summed E-state index contributed by atoms with van der Waals surface area (Å²) in [6.07, 6.45) is -0.490. The minimum Gasteiger partial charge on any atom is -0.493 e. The van der Waals surface area contributed by atoms with Gasteiger partial charge in [-0.3, -0.25) is 4.79 Å². The second-order valence-corrected chi connectivity index (χ2v) is 6.66. The molecule has 0 unspecified atom stereocenters. The molecule has 146 valence electrons. The quantitative estimate of drug-likeness (QED) is 0.725. The third-order valence-electron chi connectivity index (χ3n) is 3.45. The molecule has 0 saturated heterocycles. The molecule has 1 aromatic carbocycles. The number of methoxy groups -OCH3 is 3. The van der Waals surface area contributed by atoms with Gasteiger partial charge in [-0.1, -0.05) is 0 Å². The Morgan fingerprint density at radius 2 is 1.62 bits per heavy atom. The molecule has 0 aromatic heterocycles. The summed E-state index contributed by atoms with van der Waals surface area (Å²) in [7, 11) is 4.46. The minimum absolute atomic E-state index is 0.0685. The lowest BCUT2D eigenvalue weighted by molar-refractivity contribution is -0.141. The summed E-state index contributed by atoms with van der Waals surface area (Å²) in [5.74, 6) is -0.574. The number of hydrogen-bond donors (Lipinski definition) is 2. The number of amides is 1. The molecule has 0 aliphatic heterocycles. The zero-order chi connectivity index (χ0) is 19.9. The van der Waals surface area contributed by atoms with Crippen LogP contribution in [-0.2, 0) is 16.0 Å². The van der Waals surface area contributed by atoms with E-state index in [1.54, 1.807) is 32.9 Å². The van der Waals surface area contributed by atoms with E-state index in [1.807, 2.05) is 0 Å². The van der Waals surface area contributed by atoms with Crippen LogP contribution in [0.1, 0.15) is 26.3 Å². The monoisotopic (exact) mass is 369 g/mol. The summed E-state index contributed by atoms with van der Waals surface area (Å²) in [5.41, 5.74) is 0.0253. The van der Waals surface area contributed by atoms with Crippen molar-refractivity contribution in [1.82, 2.24) is 5.32 Å². The SMILES string of the molecule is COc1cc(C[C@H](CNC(=O)OC(C)(C)C)C(=O)O)cc(OC)c1OC. The van der Waals surface area contributed by atoms with E-state index in [0.29, 0.717) is 22.8 Å². The number of carboxylic acid groups (broad SMARTS) is 1. The molecule has 1 atom stereocenters. The average Bonchev–Trinajstić information content (AvgIpc) is 2.55. The molecule has 0 fully saturated rings. The zero-order valence-corrected chi connectivity index (χ0v) is 16.0. The lowest BCUT2D eigenvalue weighted by Crippen LogP contribution is -2.37. The molecular formula is C18H27NO7. The van der Waals surface area contributed by atoms with E-state index in [2.05, 4.69) is 5.32 Å². The Hall–Kier alpha value is -2.64. The lowest BCUT2D eigenvalue weighted by Gasteiger charge is -2.21. The summed E-state index contributed by atoms with van der Waals surface area (Å²) in [4.78, 5) is 23.3. The maximum Gasteiger partial charge on any atom is 0.407 e. The number of alkyl carbamates (subject to hydrolysis) is 1. The van der Waals surface area contributed by atoms with Crippen LogP contribution in [0.5, 0.6) is 17.2 Å². The van der Waals surface area contributed by atoms with Gasteiger partial charge in [0.25, 0.3) is 0 Å². The van der Waals surface area contributed by atoms with E-state index in [1.165, 1.54) is 21.3 Å². The highest BCUT2D eigenvalue weighted by molar-refractivity contribution is 5.73. The average molecular weight is 369 g/mol. The van der Waals surface area contributed by atoms with Gasteiger partial charge in [-0.15, -0.1) is 0 Å². The predicted molar refractivity (Wildman–Crippen MR) is 95.2 cm³/mol. The van der Waals surface area contributed by atoms with Crippen LogP contribution in [0.15, 0.2) is 12.1 Å². The van der Waals surface area contributed by atoms with Crippen molar-refractivity contribution in [3.63, 3.8) is 0 Å². The Balaban J connectivity index is 2.91. The van der Waals surface area contributed by atoms with Crippen LogP contribution < -0.4 is 19.5 Å². The van der Waals surface area contributed by atoms with Gasteiger partial charge in [0, 0.05) is 6.54 Å². The summed E-state index contributed by atoms with van der Waals surface area (Å²) in [6.45, 7) is 5.13. The van der Waals surface area contributed by atoms with Gasteiger partial charge in [0.15, 0.2) is 11.5 Å². The molecule has 1 amide bonds. The molecule has 0 bridgehead atoms. The topological polar surface area (TPSA) is 103 Å². The van der Waals surface area contributed by atoms with Gasteiger partial charge in [-0.2, -0.15) is 0 Å². The number of carbonyl (C=O) groups excluding carboxylic acids is 1. The van der Waals surface area contributed by atoms with Gasteiger partial charge < -0.3 is 29.4 Å². The van der Waals surface area contributed by atoms with E-state index in [-0.39, 0.29) is 13.0 Å². The van der Waals surface area contributed by atoms with E-state index in [0.717, 1.165) is 0 Å². The molecule has 2 N–H and O–H groups in total. The Morgan fingerprint density at radius 1 is 1.08 bits per heavy atom. The first-order valence-corrected chi connectivity index (χ1v) is 8.09. The number of carboxylic acids is 1. The van der Waals surface area contributed by atoms with Crippen molar-refractivity contribution in [3.8, 4) is 17.2 Å². The van der Waals surface area contributed by atoms with Crippen molar-refractivity contribution in [3.05, 3.63) is 17.7 Å². The van der Waals surface area contributed by atoms with Crippen LogP contribution >= 0.6 is 0 Å². The maximum atomic E-state index is 11.7. The van der Waals surface area contributed by atoms with Gasteiger partial charge in [0.1, 0.15) is 5.60 Å². The van der Waals surface area contributed by atoms with E-state index in [9.17, 15) is 14.7 Å². The van der Waals surface area contributed by atoms with Crippen molar-refractivity contribution in [2.75, 3.05) is 27.9 Å². The molecule has 26 heavy (non-hydrogen) atoms. The molecule has 0 heterocycles. The molecule has 1 rings (SSSR count). The first-order chi connectivity index (χ1) is 12.1. The number of rotatable bonds is 8. The summed E-state index contributed by atoms with van der Waals surface area (Å²) in [5, 5.41) is 11.9. The Labute approximate surface area is 153 Å². The van der Waals surface area contributed by atoms with Gasteiger partial charge in [0.05, 0.1) is 27.2 Å². The van der Waals surface area contributed by atoms with Gasteiger partial charge in [0.2, 0.25) is 5.75 Å². The molecular weight excluding hydrogens is 342 g/mol.